The molecular formula is C35H32ClN3O4S. The highest BCUT2D eigenvalue weighted by atomic mass is 35.5. The molecule has 0 N–H and O–H groups in total. The van der Waals surface area contributed by atoms with E-state index < -0.39 is 12.0 Å². The standard InChI is InChI=1S/C35H32ClN3O4S/c1-5-42-26-16-14-24(15-17-26)32-31(34(41)43-6-2)21(3)37-35-39(32)33(40)30(44-35)19-28-22(4)38(29-13-8-7-12-27(28)29)20-23-10-9-11-25(36)18-23/h7-19,32H,5-6,20H2,1-4H3/b30-19-/t32-/m0/s1. The predicted molar refractivity (Wildman–Crippen MR) is 175 cm³/mol. The van der Waals surface area contributed by atoms with Crippen molar-refractivity contribution >= 4 is 45.9 Å². The van der Waals surface area contributed by atoms with Gasteiger partial charge in [-0.05, 0) is 75.2 Å². The van der Waals surface area contributed by atoms with Crippen molar-refractivity contribution in [3.8, 4) is 5.75 Å². The zero-order chi connectivity index (χ0) is 31.0. The zero-order valence-corrected chi connectivity index (χ0v) is 26.5. The summed E-state index contributed by atoms with van der Waals surface area (Å²) in [7, 11) is 0. The number of esters is 1. The molecule has 0 spiro atoms. The minimum absolute atomic E-state index is 0.215. The van der Waals surface area contributed by atoms with Crippen LogP contribution in [-0.2, 0) is 16.1 Å². The molecule has 0 saturated heterocycles. The SMILES string of the molecule is CCOC(=O)C1=C(C)N=c2s/c(=C\c3c(C)n(Cc4cccc(Cl)c4)c4ccccc34)c(=O)n2[C@H]1c1ccc(OCC)cc1. The number of benzene rings is 3. The Morgan fingerprint density at radius 3 is 2.52 bits per heavy atom. The van der Waals surface area contributed by atoms with Crippen molar-refractivity contribution in [1.29, 1.82) is 0 Å². The van der Waals surface area contributed by atoms with Crippen molar-refractivity contribution < 1.29 is 14.3 Å². The topological polar surface area (TPSA) is 74.8 Å². The number of hydrogen-bond donors (Lipinski definition) is 0. The predicted octanol–water partition coefficient (Wildman–Crippen LogP) is 6.16. The molecule has 0 bridgehead atoms. The molecule has 9 heteroatoms. The lowest BCUT2D eigenvalue weighted by molar-refractivity contribution is -0.139. The van der Waals surface area contributed by atoms with Crippen molar-refractivity contribution in [2.75, 3.05) is 13.2 Å². The van der Waals surface area contributed by atoms with E-state index in [1.54, 1.807) is 18.4 Å². The Labute approximate surface area is 264 Å². The number of para-hydroxylation sites is 1. The highest BCUT2D eigenvalue weighted by Gasteiger charge is 2.33. The third-order valence-corrected chi connectivity index (χ3v) is 9.03. The second-order valence-electron chi connectivity index (χ2n) is 10.5. The van der Waals surface area contributed by atoms with Crippen molar-refractivity contribution in [3.63, 3.8) is 0 Å². The summed E-state index contributed by atoms with van der Waals surface area (Å²) >= 11 is 7.61. The molecule has 1 aliphatic rings. The highest BCUT2D eigenvalue weighted by Crippen LogP contribution is 2.32. The summed E-state index contributed by atoms with van der Waals surface area (Å²) in [5.74, 6) is 0.230. The van der Waals surface area contributed by atoms with E-state index in [4.69, 9.17) is 26.1 Å². The number of carbonyl (C=O) groups is 1. The van der Waals surface area contributed by atoms with E-state index in [2.05, 4.69) is 29.7 Å². The van der Waals surface area contributed by atoms with Gasteiger partial charge in [0.15, 0.2) is 4.80 Å². The summed E-state index contributed by atoms with van der Waals surface area (Å²) in [6.07, 6.45) is 1.95. The molecule has 0 fully saturated rings. The first kappa shape index (κ1) is 29.7. The molecule has 0 saturated carbocycles. The number of halogens is 1. The Morgan fingerprint density at radius 1 is 1.02 bits per heavy atom. The number of allylic oxidation sites excluding steroid dienone is 1. The van der Waals surface area contributed by atoms with Gasteiger partial charge >= 0.3 is 5.97 Å². The quantitative estimate of drug-likeness (QED) is 0.194. The van der Waals surface area contributed by atoms with Crippen LogP contribution in [0.4, 0.5) is 0 Å². The van der Waals surface area contributed by atoms with Crippen molar-refractivity contribution in [1.82, 2.24) is 9.13 Å². The van der Waals surface area contributed by atoms with Crippen LogP contribution in [0.1, 0.15) is 49.2 Å². The van der Waals surface area contributed by atoms with Crippen LogP contribution >= 0.6 is 22.9 Å². The van der Waals surface area contributed by atoms with Crippen LogP contribution in [0.2, 0.25) is 5.02 Å². The van der Waals surface area contributed by atoms with Gasteiger partial charge in [0.05, 0.1) is 35.1 Å². The Morgan fingerprint density at radius 2 is 1.80 bits per heavy atom. The fourth-order valence-corrected chi connectivity index (χ4v) is 7.05. The Bertz CT molecular complexity index is 2100. The second-order valence-corrected chi connectivity index (χ2v) is 12.0. The fourth-order valence-electron chi connectivity index (χ4n) is 5.81. The zero-order valence-electron chi connectivity index (χ0n) is 25.0. The molecule has 224 valence electrons. The van der Waals surface area contributed by atoms with Gasteiger partial charge in [0.25, 0.3) is 5.56 Å². The molecule has 0 aliphatic carbocycles. The summed E-state index contributed by atoms with van der Waals surface area (Å²) in [4.78, 5) is 32.8. The largest absolute Gasteiger partial charge is 0.494 e. The van der Waals surface area contributed by atoms with Gasteiger partial charge in [-0.15, -0.1) is 0 Å². The van der Waals surface area contributed by atoms with Gasteiger partial charge in [0.2, 0.25) is 0 Å². The number of thiazole rings is 1. The molecule has 0 unspecified atom stereocenters. The van der Waals surface area contributed by atoms with Crippen molar-refractivity contribution in [2.45, 2.75) is 40.3 Å². The lowest BCUT2D eigenvalue weighted by Crippen LogP contribution is -2.39. The number of fused-ring (bicyclic) bond motifs is 2. The number of ether oxygens (including phenoxy) is 2. The highest BCUT2D eigenvalue weighted by molar-refractivity contribution is 7.07. The molecule has 2 aromatic heterocycles. The van der Waals surface area contributed by atoms with E-state index in [-0.39, 0.29) is 12.2 Å². The van der Waals surface area contributed by atoms with Gasteiger partial charge < -0.3 is 14.0 Å². The van der Waals surface area contributed by atoms with E-state index in [1.807, 2.05) is 67.6 Å². The molecular weight excluding hydrogens is 594 g/mol. The third kappa shape index (κ3) is 5.40. The van der Waals surface area contributed by atoms with Crippen LogP contribution in [-0.4, -0.2) is 28.3 Å². The maximum atomic E-state index is 14.2. The van der Waals surface area contributed by atoms with E-state index in [0.29, 0.717) is 44.5 Å². The Balaban J connectivity index is 1.53. The maximum Gasteiger partial charge on any atom is 0.338 e. The van der Waals surface area contributed by atoms with Crippen LogP contribution in [0.15, 0.2) is 93.9 Å². The van der Waals surface area contributed by atoms with Crippen LogP contribution in [0.25, 0.3) is 17.0 Å². The van der Waals surface area contributed by atoms with E-state index in [0.717, 1.165) is 33.3 Å². The van der Waals surface area contributed by atoms with Crippen LogP contribution in [0, 0.1) is 6.92 Å². The molecule has 3 heterocycles. The Kier molecular flexibility index (Phi) is 8.29. The minimum Gasteiger partial charge on any atom is -0.494 e. The Hall–Kier alpha value is -4.40. The minimum atomic E-state index is -0.687. The lowest BCUT2D eigenvalue weighted by atomic mass is 9.96. The average molecular weight is 626 g/mol. The van der Waals surface area contributed by atoms with Gasteiger partial charge in [-0.2, -0.15) is 0 Å². The fraction of sp³-hybridized carbons (Fsp3) is 0.229. The monoisotopic (exact) mass is 625 g/mol. The molecule has 6 rings (SSSR count). The van der Waals surface area contributed by atoms with Gasteiger partial charge in [-0.1, -0.05) is 65.4 Å². The van der Waals surface area contributed by atoms with Crippen LogP contribution < -0.4 is 19.6 Å². The van der Waals surface area contributed by atoms with Crippen LogP contribution in [0.5, 0.6) is 5.75 Å². The number of hydrogen-bond acceptors (Lipinski definition) is 6. The summed E-state index contributed by atoms with van der Waals surface area (Å²) in [6, 6.07) is 22.8. The number of carbonyl (C=O) groups excluding carboxylic acids is 1. The molecule has 7 nitrogen and oxygen atoms in total. The van der Waals surface area contributed by atoms with Gasteiger partial charge in [-0.25, -0.2) is 9.79 Å². The average Bonchev–Trinajstić information content (AvgIpc) is 3.45. The molecule has 44 heavy (non-hydrogen) atoms. The number of rotatable bonds is 8. The normalized spacial score (nSPS) is 14.9. The van der Waals surface area contributed by atoms with Crippen molar-refractivity contribution in [3.05, 3.63) is 131 Å². The van der Waals surface area contributed by atoms with Gasteiger partial charge in [0, 0.05) is 33.7 Å². The molecule has 3 aromatic carbocycles. The first-order valence-corrected chi connectivity index (χ1v) is 15.7. The first-order chi connectivity index (χ1) is 21.3. The molecule has 5 aromatic rings. The summed E-state index contributed by atoms with van der Waals surface area (Å²) in [6.45, 7) is 8.94. The first-order valence-electron chi connectivity index (χ1n) is 14.5. The van der Waals surface area contributed by atoms with Gasteiger partial charge in [-0.3, -0.25) is 9.36 Å². The van der Waals surface area contributed by atoms with E-state index in [9.17, 15) is 9.59 Å². The van der Waals surface area contributed by atoms with Gasteiger partial charge in [0.1, 0.15) is 5.75 Å². The van der Waals surface area contributed by atoms with E-state index >= 15 is 0 Å². The summed E-state index contributed by atoms with van der Waals surface area (Å²) in [5, 5.41) is 1.74. The summed E-state index contributed by atoms with van der Waals surface area (Å²) < 4.78 is 15.5. The number of nitrogens with zero attached hydrogens (tertiary/aromatic N) is 3. The molecule has 0 amide bonds. The van der Waals surface area contributed by atoms with E-state index in [1.165, 1.54) is 11.3 Å². The van der Waals surface area contributed by atoms with Crippen molar-refractivity contribution in [2.24, 2.45) is 4.99 Å². The molecule has 1 atom stereocenters. The molecule has 0 radical (unpaired) electrons. The maximum absolute atomic E-state index is 14.2. The second kappa shape index (κ2) is 12.3. The summed E-state index contributed by atoms with van der Waals surface area (Å²) in [5.41, 5.74) is 5.59. The smallest absolute Gasteiger partial charge is 0.338 e. The number of aromatic nitrogens is 2. The third-order valence-electron chi connectivity index (χ3n) is 7.81. The van der Waals surface area contributed by atoms with Crippen LogP contribution in [0.3, 0.4) is 0 Å². The molecule has 1 aliphatic heterocycles. The lowest BCUT2D eigenvalue weighted by Gasteiger charge is -2.24.